The minimum atomic E-state index is -0.753. The Morgan fingerprint density at radius 2 is 1.38 bits per heavy atom. The molecule has 0 bridgehead atoms. The summed E-state index contributed by atoms with van der Waals surface area (Å²) >= 11 is 2.16. The van der Waals surface area contributed by atoms with Gasteiger partial charge in [-0.15, -0.1) is 0 Å². The van der Waals surface area contributed by atoms with Crippen LogP contribution in [0.4, 0.5) is 20.6 Å². The molecule has 1 aliphatic rings. The van der Waals surface area contributed by atoms with Crippen molar-refractivity contribution in [2.75, 3.05) is 16.9 Å². The van der Waals surface area contributed by atoms with Gasteiger partial charge in [-0.2, -0.15) is 0 Å². The van der Waals surface area contributed by atoms with E-state index in [0.29, 0.717) is 29.1 Å². The van der Waals surface area contributed by atoms with Crippen LogP contribution in [0, 0.1) is 9.39 Å². The van der Waals surface area contributed by atoms with E-state index in [1.54, 1.807) is 72.8 Å². The number of imide groups is 2. The number of ether oxygens (including phenoxy) is 1. The number of urea groups is 1. The molecule has 0 unspecified atom stereocenters. The molecule has 8 heteroatoms. The minimum Gasteiger partial charge on any atom is -0.496 e. The fourth-order valence-electron chi connectivity index (χ4n) is 4.43. The summed E-state index contributed by atoms with van der Waals surface area (Å²) in [4.78, 5) is 42.7. The molecule has 0 radical (unpaired) electrons. The van der Waals surface area contributed by atoms with Crippen molar-refractivity contribution < 1.29 is 23.5 Å². The number of hydrogen-bond donors (Lipinski definition) is 0. The van der Waals surface area contributed by atoms with Crippen LogP contribution in [0.1, 0.15) is 16.7 Å². The second-order valence-corrected chi connectivity index (χ2v) is 9.95. The summed E-state index contributed by atoms with van der Waals surface area (Å²) in [7, 11) is 1.53. The first kappa shape index (κ1) is 26.3. The Morgan fingerprint density at radius 1 is 0.795 bits per heavy atom. The van der Waals surface area contributed by atoms with Crippen molar-refractivity contribution in [3.8, 4) is 5.75 Å². The van der Waals surface area contributed by atoms with Crippen molar-refractivity contribution in [3.63, 3.8) is 0 Å². The average Bonchev–Trinajstić information content (AvgIpc) is 2.93. The number of nitrogens with zero attached hydrogens (tertiary/aromatic N) is 2. The Balaban J connectivity index is 1.59. The maximum Gasteiger partial charge on any atom is 0.343 e. The predicted molar refractivity (Wildman–Crippen MR) is 156 cm³/mol. The minimum absolute atomic E-state index is 0.168. The second-order valence-electron chi connectivity index (χ2n) is 8.78. The second kappa shape index (κ2) is 11.2. The lowest BCUT2D eigenvalue weighted by atomic mass is 10.00. The number of amides is 4. The largest absolute Gasteiger partial charge is 0.496 e. The van der Waals surface area contributed by atoms with Gasteiger partial charge in [0.25, 0.3) is 11.8 Å². The first-order valence-corrected chi connectivity index (χ1v) is 13.1. The van der Waals surface area contributed by atoms with E-state index in [1.165, 1.54) is 25.3 Å². The lowest BCUT2D eigenvalue weighted by Crippen LogP contribution is -2.57. The number of para-hydroxylation sites is 2. The molecular weight excluding hydrogens is 610 g/mol. The van der Waals surface area contributed by atoms with Crippen LogP contribution in [0.15, 0.2) is 103 Å². The predicted octanol–water partition coefficient (Wildman–Crippen LogP) is 6.61. The number of barbiturate groups is 1. The number of methoxy groups -OCH3 is 1. The van der Waals surface area contributed by atoms with Gasteiger partial charge in [0.1, 0.15) is 17.1 Å². The van der Waals surface area contributed by atoms with E-state index in [-0.39, 0.29) is 11.4 Å². The maximum atomic E-state index is 13.8. The summed E-state index contributed by atoms with van der Waals surface area (Å²) in [6.45, 7) is 0. The van der Waals surface area contributed by atoms with Gasteiger partial charge < -0.3 is 4.74 Å². The van der Waals surface area contributed by atoms with Gasteiger partial charge in [-0.05, 0) is 88.3 Å². The van der Waals surface area contributed by atoms with Crippen molar-refractivity contribution in [2.24, 2.45) is 0 Å². The normalized spacial score (nSPS) is 13.6. The molecule has 0 saturated carbocycles. The highest BCUT2D eigenvalue weighted by Gasteiger charge is 2.43. The van der Waals surface area contributed by atoms with Crippen molar-refractivity contribution in [2.45, 2.75) is 6.42 Å². The number of benzene rings is 4. The van der Waals surface area contributed by atoms with Crippen molar-refractivity contribution in [1.29, 1.82) is 0 Å². The summed E-state index contributed by atoms with van der Waals surface area (Å²) in [5.41, 5.74) is 2.71. The molecule has 0 spiro atoms. The van der Waals surface area contributed by atoms with Gasteiger partial charge in [-0.3, -0.25) is 9.59 Å². The molecule has 5 rings (SSSR count). The molecule has 0 N–H and O–H groups in total. The molecule has 1 heterocycles. The Labute approximate surface area is 238 Å². The lowest BCUT2D eigenvalue weighted by molar-refractivity contribution is -0.121. The van der Waals surface area contributed by atoms with Crippen LogP contribution in [0.5, 0.6) is 5.75 Å². The Kier molecular flexibility index (Phi) is 7.56. The highest BCUT2D eigenvalue weighted by atomic mass is 127. The number of halogens is 2. The zero-order valence-corrected chi connectivity index (χ0v) is 23.0. The third-order valence-corrected chi connectivity index (χ3v) is 7.22. The third-order valence-electron chi connectivity index (χ3n) is 6.26. The molecule has 4 amide bonds. The van der Waals surface area contributed by atoms with Crippen LogP contribution in [-0.4, -0.2) is 25.0 Å². The van der Waals surface area contributed by atoms with E-state index in [4.69, 9.17) is 4.74 Å². The highest BCUT2D eigenvalue weighted by molar-refractivity contribution is 14.1. The van der Waals surface area contributed by atoms with E-state index in [2.05, 4.69) is 22.6 Å². The molecular formula is C31H22FIN2O4. The first-order valence-electron chi connectivity index (χ1n) is 12.0. The van der Waals surface area contributed by atoms with Crippen LogP contribution < -0.4 is 14.5 Å². The van der Waals surface area contributed by atoms with Gasteiger partial charge >= 0.3 is 6.03 Å². The summed E-state index contributed by atoms with van der Waals surface area (Å²) in [6.07, 6.45) is 1.91. The molecule has 0 atom stereocenters. The van der Waals surface area contributed by atoms with Crippen molar-refractivity contribution in [1.82, 2.24) is 0 Å². The third kappa shape index (κ3) is 5.33. The summed E-state index contributed by atoms with van der Waals surface area (Å²) in [6, 6.07) is 26.1. The Morgan fingerprint density at radius 3 is 1.92 bits per heavy atom. The van der Waals surface area contributed by atoms with Gasteiger partial charge in [-0.25, -0.2) is 19.0 Å². The van der Waals surface area contributed by atoms with Crippen molar-refractivity contribution >= 4 is 57.9 Å². The molecule has 4 aromatic rings. The van der Waals surface area contributed by atoms with Crippen LogP contribution >= 0.6 is 22.6 Å². The SMILES string of the molecule is COc1cc(C=C2C(=O)N(c3ccccc3)C(=O)N(c3ccccc3)C2=O)cc(I)c1Cc1cccc(F)c1. The summed E-state index contributed by atoms with van der Waals surface area (Å²) in [5.74, 6) is -1.23. The molecule has 1 fully saturated rings. The summed E-state index contributed by atoms with van der Waals surface area (Å²) < 4.78 is 20.2. The number of anilines is 2. The van der Waals surface area contributed by atoms with Gasteiger partial charge in [0.15, 0.2) is 0 Å². The fourth-order valence-corrected chi connectivity index (χ4v) is 5.24. The molecule has 6 nitrogen and oxygen atoms in total. The smallest absolute Gasteiger partial charge is 0.343 e. The van der Waals surface area contributed by atoms with E-state index in [0.717, 1.165) is 24.5 Å². The maximum absolute atomic E-state index is 13.8. The zero-order valence-electron chi connectivity index (χ0n) is 20.8. The quantitative estimate of drug-likeness (QED) is 0.136. The molecule has 1 aliphatic heterocycles. The topological polar surface area (TPSA) is 66.9 Å². The standard InChI is InChI=1S/C31H22FIN2O4/c1-39-28-19-21(18-27(33)25(28)16-20-9-8-10-22(32)15-20)17-26-29(36)34(23-11-4-2-5-12-23)31(38)35(30(26)37)24-13-6-3-7-14-24/h2-15,17-19H,16H2,1H3. The number of carbonyl (C=O) groups is 3. The van der Waals surface area contributed by atoms with Crippen LogP contribution in [0.2, 0.25) is 0 Å². The van der Waals surface area contributed by atoms with Crippen LogP contribution in [0.25, 0.3) is 6.08 Å². The lowest BCUT2D eigenvalue weighted by Gasteiger charge is -2.34. The zero-order chi connectivity index (χ0) is 27.5. The van der Waals surface area contributed by atoms with E-state index in [9.17, 15) is 18.8 Å². The monoisotopic (exact) mass is 632 g/mol. The molecule has 4 aromatic carbocycles. The molecule has 194 valence electrons. The summed E-state index contributed by atoms with van der Waals surface area (Å²) in [5, 5.41) is 0. The first-order chi connectivity index (χ1) is 18.9. The molecule has 0 aromatic heterocycles. The van der Waals surface area contributed by atoms with Gasteiger partial charge in [-0.1, -0.05) is 48.5 Å². The van der Waals surface area contributed by atoms with Gasteiger partial charge in [0.05, 0.1) is 18.5 Å². The Bertz CT molecular complexity index is 1540. The van der Waals surface area contributed by atoms with E-state index < -0.39 is 17.8 Å². The van der Waals surface area contributed by atoms with Gasteiger partial charge in [0, 0.05) is 15.6 Å². The van der Waals surface area contributed by atoms with Crippen molar-refractivity contribution in [3.05, 3.63) is 129 Å². The molecule has 39 heavy (non-hydrogen) atoms. The van der Waals surface area contributed by atoms with E-state index >= 15 is 0 Å². The molecule has 1 saturated heterocycles. The van der Waals surface area contributed by atoms with Gasteiger partial charge in [0.2, 0.25) is 0 Å². The number of hydrogen-bond acceptors (Lipinski definition) is 4. The number of rotatable bonds is 6. The Hall–Kier alpha value is -4.31. The average molecular weight is 632 g/mol. The van der Waals surface area contributed by atoms with E-state index in [1.807, 2.05) is 12.1 Å². The fraction of sp³-hybridized carbons (Fsp3) is 0.0645. The molecule has 0 aliphatic carbocycles. The van der Waals surface area contributed by atoms with Crippen LogP contribution in [-0.2, 0) is 16.0 Å². The number of carbonyl (C=O) groups excluding carboxylic acids is 3. The highest BCUT2D eigenvalue weighted by Crippen LogP contribution is 2.33. The van der Waals surface area contributed by atoms with Crippen LogP contribution in [0.3, 0.4) is 0 Å².